The highest BCUT2D eigenvalue weighted by molar-refractivity contribution is 5.90. The van der Waals surface area contributed by atoms with E-state index in [1.165, 1.54) is 6.92 Å². The van der Waals surface area contributed by atoms with Gasteiger partial charge in [-0.2, -0.15) is 0 Å². The molecule has 0 aliphatic rings. The van der Waals surface area contributed by atoms with Crippen LogP contribution in [0.25, 0.3) is 0 Å². The molecule has 1 N–H and O–H groups in total. The van der Waals surface area contributed by atoms with E-state index in [1.54, 1.807) is 0 Å². The van der Waals surface area contributed by atoms with Gasteiger partial charge in [-0.1, -0.05) is 0 Å². The number of carbonyl (C=O) groups is 2. The molecule has 4 nitrogen and oxygen atoms in total. The molecule has 0 atom stereocenters. The summed E-state index contributed by atoms with van der Waals surface area (Å²) in [4.78, 5) is 21.6. The van der Waals surface area contributed by atoms with E-state index < -0.39 is 35.6 Å². The molecule has 0 heterocycles. The van der Waals surface area contributed by atoms with Gasteiger partial charge in [-0.05, 0) is 19.1 Å². The standard InChI is InChI=1S/C11H10F2O4/c1-2-17-11(16)7-5-8(12)6(3-9(7)13)4-10(14)15/h3,5H,2,4H2,1H3,(H,14,15). The number of aliphatic carboxylic acids is 1. The minimum atomic E-state index is -1.29. The van der Waals surface area contributed by atoms with Crippen LogP contribution in [-0.2, 0) is 16.0 Å². The van der Waals surface area contributed by atoms with E-state index in [1.807, 2.05) is 0 Å². The summed E-state index contributed by atoms with van der Waals surface area (Å²) >= 11 is 0. The summed E-state index contributed by atoms with van der Waals surface area (Å²) < 4.78 is 31.3. The Hall–Kier alpha value is -1.98. The average molecular weight is 244 g/mol. The topological polar surface area (TPSA) is 63.6 Å². The summed E-state index contributed by atoms with van der Waals surface area (Å²) in [5.74, 6) is -4.21. The van der Waals surface area contributed by atoms with Gasteiger partial charge in [0.1, 0.15) is 11.6 Å². The summed E-state index contributed by atoms with van der Waals surface area (Å²) in [5.41, 5.74) is -0.860. The number of hydrogen-bond donors (Lipinski definition) is 1. The predicted molar refractivity (Wildman–Crippen MR) is 53.7 cm³/mol. The van der Waals surface area contributed by atoms with Crippen LogP contribution in [0.2, 0.25) is 0 Å². The van der Waals surface area contributed by atoms with Crippen LogP contribution in [0.15, 0.2) is 12.1 Å². The maximum absolute atomic E-state index is 13.4. The molecule has 0 saturated heterocycles. The van der Waals surface area contributed by atoms with Crippen molar-refractivity contribution < 1.29 is 28.2 Å². The van der Waals surface area contributed by atoms with Crippen LogP contribution in [-0.4, -0.2) is 23.7 Å². The van der Waals surface area contributed by atoms with Gasteiger partial charge >= 0.3 is 11.9 Å². The molecule has 0 bridgehead atoms. The first-order valence-electron chi connectivity index (χ1n) is 4.82. The van der Waals surface area contributed by atoms with Crippen LogP contribution in [0.4, 0.5) is 8.78 Å². The van der Waals surface area contributed by atoms with Crippen LogP contribution in [0.3, 0.4) is 0 Å². The van der Waals surface area contributed by atoms with E-state index in [0.717, 1.165) is 0 Å². The fourth-order valence-corrected chi connectivity index (χ4v) is 1.25. The van der Waals surface area contributed by atoms with Gasteiger partial charge in [0.25, 0.3) is 0 Å². The molecular formula is C11H10F2O4. The van der Waals surface area contributed by atoms with Crippen molar-refractivity contribution in [2.45, 2.75) is 13.3 Å². The van der Waals surface area contributed by atoms with Crippen molar-refractivity contribution in [3.05, 3.63) is 34.9 Å². The van der Waals surface area contributed by atoms with Gasteiger partial charge in [-0.3, -0.25) is 4.79 Å². The summed E-state index contributed by atoms with van der Waals surface area (Å²) in [6.07, 6.45) is -0.647. The van der Waals surface area contributed by atoms with Gasteiger partial charge in [0.05, 0.1) is 18.6 Å². The molecule has 1 rings (SSSR count). The number of hydrogen-bond acceptors (Lipinski definition) is 3. The second-order valence-electron chi connectivity index (χ2n) is 3.21. The molecule has 6 heteroatoms. The highest BCUT2D eigenvalue weighted by atomic mass is 19.1. The van der Waals surface area contributed by atoms with E-state index in [9.17, 15) is 18.4 Å². The van der Waals surface area contributed by atoms with Crippen LogP contribution >= 0.6 is 0 Å². The van der Waals surface area contributed by atoms with Crippen LogP contribution in [0, 0.1) is 11.6 Å². The smallest absolute Gasteiger partial charge is 0.341 e. The van der Waals surface area contributed by atoms with Crippen molar-refractivity contribution in [2.24, 2.45) is 0 Å². The van der Waals surface area contributed by atoms with Gasteiger partial charge in [-0.15, -0.1) is 0 Å². The number of benzene rings is 1. The quantitative estimate of drug-likeness (QED) is 0.820. The molecule has 0 amide bonds. The lowest BCUT2D eigenvalue weighted by Gasteiger charge is -2.06. The number of esters is 1. The first-order chi connectivity index (χ1) is 7.95. The van der Waals surface area contributed by atoms with Gasteiger partial charge in [0.2, 0.25) is 0 Å². The van der Waals surface area contributed by atoms with E-state index >= 15 is 0 Å². The highest BCUT2D eigenvalue weighted by Gasteiger charge is 2.18. The normalized spacial score (nSPS) is 10.1. The molecule has 0 aromatic heterocycles. The number of ether oxygens (including phenoxy) is 1. The number of rotatable bonds is 4. The molecule has 0 spiro atoms. The lowest BCUT2D eigenvalue weighted by atomic mass is 10.1. The molecule has 0 aliphatic carbocycles. The lowest BCUT2D eigenvalue weighted by molar-refractivity contribution is -0.136. The fraction of sp³-hybridized carbons (Fsp3) is 0.273. The molecular weight excluding hydrogens is 234 g/mol. The maximum atomic E-state index is 13.4. The number of carboxylic acid groups (broad SMARTS) is 1. The van der Waals surface area contributed by atoms with Crippen LogP contribution in [0.1, 0.15) is 22.8 Å². The van der Waals surface area contributed by atoms with Crippen molar-refractivity contribution in [1.29, 1.82) is 0 Å². The van der Waals surface area contributed by atoms with Gasteiger partial charge < -0.3 is 9.84 Å². The van der Waals surface area contributed by atoms with Crippen molar-refractivity contribution in [1.82, 2.24) is 0 Å². The second-order valence-corrected chi connectivity index (χ2v) is 3.21. The molecule has 92 valence electrons. The monoisotopic (exact) mass is 244 g/mol. The molecule has 17 heavy (non-hydrogen) atoms. The van der Waals surface area contributed by atoms with Crippen LogP contribution in [0.5, 0.6) is 0 Å². The summed E-state index contributed by atoms with van der Waals surface area (Å²) in [6, 6.07) is 1.33. The SMILES string of the molecule is CCOC(=O)c1cc(F)c(CC(=O)O)cc1F. The van der Waals surface area contributed by atoms with Gasteiger partial charge in [-0.25, -0.2) is 13.6 Å². The maximum Gasteiger partial charge on any atom is 0.341 e. The average Bonchev–Trinajstić information content (AvgIpc) is 2.22. The summed E-state index contributed by atoms with van der Waals surface area (Å²) in [6.45, 7) is 1.57. The predicted octanol–water partition coefficient (Wildman–Crippen LogP) is 1.77. The number of carboxylic acids is 1. The van der Waals surface area contributed by atoms with Crippen molar-refractivity contribution >= 4 is 11.9 Å². The third-order valence-corrected chi connectivity index (χ3v) is 1.97. The third kappa shape index (κ3) is 3.24. The van der Waals surface area contributed by atoms with E-state index in [2.05, 4.69) is 4.74 Å². The Balaban J connectivity index is 3.09. The zero-order chi connectivity index (χ0) is 13.0. The van der Waals surface area contributed by atoms with E-state index in [0.29, 0.717) is 12.1 Å². The Morgan fingerprint density at radius 3 is 2.47 bits per heavy atom. The van der Waals surface area contributed by atoms with Crippen molar-refractivity contribution in [3.8, 4) is 0 Å². The Morgan fingerprint density at radius 1 is 1.29 bits per heavy atom. The molecule has 1 aromatic rings. The third-order valence-electron chi connectivity index (χ3n) is 1.97. The van der Waals surface area contributed by atoms with Gasteiger partial charge in [0, 0.05) is 5.56 Å². The minimum Gasteiger partial charge on any atom is -0.481 e. The van der Waals surface area contributed by atoms with Crippen molar-refractivity contribution in [2.75, 3.05) is 6.61 Å². The Labute approximate surface area is 95.8 Å². The molecule has 1 aromatic carbocycles. The second kappa shape index (κ2) is 5.38. The number of halogens is 2. The molecule has 0 aliphatic heterocycles. The zero-order valence-electron chi connectivity index (χ0n) is 9.00. The Kier molecular flexibility index (Phi) is 4.14. The molecule has 0 fully saturated rings. The van der Waals surface area contributed by atoms with Crippen LogP contribution < -0.4 is 0 Å². The largest absolute Gasteiger partial charge is 0.481 e. The zero-order valence-corrected chi connectivity index (χ0v) is 9.00. The molecule has 0 unspecified atom stereocenters. The van der Waals surface area contributed by atoms with E-state index in [4.69, 9.17) is 5.11 Å². The summed E-state index contributed by atoms with van der Waals surface area (Å²) in [7, 11) is 0. The molecule has 0 radical (unpaired) electrons. The van der Waals surface area contributed by atoms with Crippen molar-refractivity contribution in [3.63, 3.8) is 0 Å². The Bertz CT molecular complexity index is 457. The Morgan fingerprint density at radius 2 is 1.94 bits per heavy atom. The molecule has 0 saturated carbocycles. The fourth-order valence-electron chi connectivity index (χ4n) is 1.25. The highest BCUT2D eigenvalue weighted by Crippen LogP contribution is 2.16. The first kappa shape index (κ1) is 13.1. The number of carbonyl (C=O) groups excluding carboxylic acids is 1. The lowest BCUT2D eigenvalue weighted by Crippen LogP contribution is -2.10. The van der Waals surface area contributed by atoms with E-state index in [-0.39, 0.29) is 12.2 Å². The van der Waals surface area contributed by atoms with Gasteiger partial charge in [0.15, 0.2) is 0 Å². The summed E-state index contributed by atoms with van der Waals surface area (Å²) in [5, 5.41) is 8.46. The first-order valence-corrected chi connectivity index (χ1v) is 4.82. The minimum absolute atomic E-state index is 0.0385.